The fourth-order valence-electron chi connectivity index (χ4n) is 0.769. The van der Waals surface area contributed by atoms with Crippen LogP contribution in [0.3, 0.4) is 0 Å². The molecule has 0 spiro atoms. The Morgan fingerprint density at radius 3 is 2.73 bits per heavy atom. The van der Waals surface area contributed by atoms with Crippen molar-refractivity contribution in [2.24, 2.45) is 5.73 Å². The number of pyridine rings is 1. The van der Waals surface area contributed by atoms with Gasteiger partial charge >= 0.3 is 5.97 Å². The van der Waals surface area contributed by atoms with Crippen molar-refractivity contribution in [1.29, 1.82) is 0 Å². The van der Waals surface area contributed by atoms with Gasteiger partial charge in [-0.1, -0.05) is 6.07 Å². The van der Waals surface area contributed by atoms with Gasteiger partial charge in [0.2, 0.25) is 0 Å². The Bertz CT molecular complexity index is 281. The Hall–Kier alpha value is -0.840. The molecule has 2 N–H and O–H groups in total. The molecule has 0 saturated heterocycles. The van der Waals surface area contributed by atoms with Crippen LogP contribution < -0.4 is 5.73 Å². The maximum atomic E-state index is 10.9. The number of carbonyl (C=O) groups is 1. The molecule has 0 aliphatic carbocycles. The minimum absolute atomic E-state index is 0. The molecule has 0 radical (unpaired) electrons. The summed E-state index contributed by atoms with van der Waals surface area (Å²) >= 11 is 0. The molecule has 0 aliphatic heterocycles. The maximum Gasteiger partial charge on any atom is 0.322 e. The average Bonchev–Trinajstić information content (AvgIpc) is 2.15. The van der Waals surface area contributed by atoms with Gasteiger partial charge in [-0.15, -0.1) is 24.8 Å². The molecule has 86 valence electrons. The Balaban J connectivity index is 0. The van der Waals surface area contributed by atoms with Crippen molar-refractivity contribution < 1.29 is 9.53 Å². The lowest BCUT2D eigenvalue weighted by atomic mass is 10.3. The third-order valence-corrected chi connectivity index (χ3v) is 1.48. The van der Waals surface area contributed by atoms with Gasteiger partial charge in [0, 0.05) is 18.0 Å². The van der Waals surface area contributed by atoms with Crippen LogP contribution >= 0.6 is 24.8 Å². The number of esters is 1. The first kappa shape index (κ1) is 16.6. The van der Waals surface area contributed by atoms with Gasteiger partial charge in [-0.25, -0.2) is 0 Å². The van der Waals surface area contributed by atoms with E-state index in [1.807, 2.05) is 6.07 Å². The van der Waals surface area contributed by atoms with E-state index < -0.39 is 12.0 Å². The third-order valence-electron chi connectivity index (χ3n) is 1.48. The number of hydrogen-bond donors (Lipinski definition) is 1. The molecule has 1 heterocycles. The van der Waals surface area contributed by atoms with Gasteiger partial charge in [-0.2, -0.15) is 0 Å². The predicted molar refractivity (Wildman–Crippen MR) is 62.2 cm³/mol. The monoisotopic (exact) mass is 252 g/mol. The van der Waals surface area contributed by atoms with E-state index in [-0.39, 0.29) is 31.4 Å². The quantitative estimate of drug-likeness (QED) is 0.825. The molecular formula is C9H14Cl2N2O2. The number of nitrogens with zero attached hydrogens (tertiary/aromatic N) is 1. The summed E-state index contributed by atoms with van der Waals surface area (Å²) in [5, 5.41) is 0. The van der Waals surface area contributed by atoms with Gasteiger partial charge in [0.1, 0.15) is 12.6 Å². The Labute approximate surface area is 101 Å². The summed E-state index contributed by atoms with van der Waals surface area (Å²) in [4.78, 5) is 14.8. The van der Waals surface area contributed by atoms with E-state index in [4.69, 9.17) is 10.5 Å². The highest BCUT2D eigenvalue weighted by Crippen LogP contribution is 1.98. The normalized spacial score (nSPS) is 10.5. The van der Waals surface area contributed by atoms with Gasteiger partial charge in [-0.05, 0) is 13.0 Å². The number of ether oxygens (including phenoxy) is 1. The minimum Gasteiger partial charge on any atom is -0.460 e. The summed E-state index contributed by atoms with van der Waals surface area (Å²) in [6, 6.07) is 3.05. The molecule has 1 unspecified atom stereocenters. The number of aromatic nitrogens is 1. The summed E-state index contributed by atoms with van der Waals surface area (Å²) < 4.78 is 4.89. The smallest absolute Gasteiger partial charge is 0.322 e. The number of halogens is 2. The molecule has 1 aromatic heterocycles. The lowest BCUT2D eigenvalue weighted by Crippen LogP contribution is -2.28. The average molecular weight is 253 g/mol. The topological polar surface area (TPSA) is 65.2 Å². The van der Waals surface area contributed by atoms with E-state index in [0.29, 0.717) is 0 Å². The predicted octanol–water partition coefficient (Wildman–Crippen LogP) is 1.32. The van der Waals surface area contributed by atoms with Crippen molar-refractivity contribution in [3.8, 4) is 0 Å². The highest BCUT2D eigenvalue weighted by molar-refractivity contribution is 5.85. The summed E-state index contributed by atoms with van der Waals surface area (Å²) in [6.45, 7) is 1.82. The Morgan fingerprint density at radius 1 is 1.60 bits per heavy atom. The second-order valence-electron chi connectivity index (χ2n) is 2.76. The second-order valence-corrected chi connectivity index (χ2v) is 2.76. The van der Waals surface area contributed by atoms with Crippen LogP contribution in [0, 0.1) is 0 Å². The standard InChI is InChI=1S/C9H12N2O2.2ClH/c1-7(10)9(12)13-6-8-3-2-4-11-5-8;;/h2-5,7H,6,10H2,1H3;2*1H. The Kier molecular flexibility index (Phi) is 9.36. The molecule has 15 heavy (non-hydrogen) atoms. The van der Waals surface area contributed by atoms with Crippen LogP contribution in [-0.2, 0) is 16.1 Å². The third kappa shape index (κ3) is 6.28. The first-order valence-corrected chi connectivity index (χ1v) is 4.01. The maximum absolute atomic E-state index is 10.9. The van der Waals surface area contributed by atoms with Gasteiger partial charge in [0.25, 0.3) is 0 Å². The van der Waals surface area contributed by atoms with Crippen LogP contribution in [0.5, 0.6) is 0 Å². The lowest BCUT2D eigenvalue weighted by Gasteiger charge is -2.06. The summed E-state index contributed by atoms with van der Waals surface area (Å²) in [5.74, 6) is -0.399. The fourth-order valence-corrected chi connectivity index (χ4v) is 0.769. The van der Waals surface area contributed by atoms with E-state index in [1.54, 1.807) is 25.4 Å². The molecule has 1 rings (SSSR count). The molecule has 1 aromatic rings. The molecule has 1 atom stereocenters. The van der Waals surface area contributed by atoms with E-state index in [2.05, 4.69) is 4.98 Å². The summed E-state index contributed by atoms with van der Waals surface area (Å²) in [7, 11) is 0. The van der Waals surface area contributed by atoms with Gasteiger partial charge in [0.05, 0.1) is 0 Å². The zero-order chi connectivity index (χ0) is 9.68. The molecule has 0 fully saturated rings. The van der Waals surface area contributed by atoms with Crippen molar-refractivity contribution in [3.63, 3.8) is 0 Å². The van der Waals surface area contributed by atoms with Crippen molar-refractivity contribution in [3.05, 3.63) is 30.1 Å². The van der Waals surface area contributed by atoms with Crippen molar-refractivity contribution in [1.82, 2.24) is 4.98 Å². The van der Waals surface area contributed by atoms with Crippen molar-refractivity contribution >= 4 is 30.8 Å². The highest BCUT2D eigenvalue weighted by atomic mass is 35.5. The number of carbonyl (C=O) groups excluding carboxylic acids is 1. The largest absolute Gasteiger partial charge is 0.460 e. The zero-order valence-corrected chi connectivity index (χ0v) is 9.88. The van der Waals surface area contributed by atoms with Gasteiger partial charge < -0.3 is 10.5 Å². The molecular weight excluding hydrogens is 239 g/mol. The number of rotatable bonds is 3. The van der Waals surface area contributed by atoms with E-state index in [0.717, 1.165) is 5.56 Å². The van der Waals surface area contributed by atoms with E-state index in [9.17, 15) is 4.79 Å². The minimum atomic E-state index is -0.573. The van der Waals surface area contributed by atoms with Crippen LogP contribution in [0.2, 0.25) is 0 Å². The SMILES string of the molecule is CC(N)C(=O)OCc1cccnc1.Cl.Cl. The second kappa shape index (κ2) is 8.47. The van der Waals surface area contributed by atoms with E-state index >= 15 is 0 Å². The lowest BCUT2D eigenvalue weighted by molar-refractivity contribution is -0.146. The van der Waals surface area contributed by atoms with Crippen molar-refractivity contribution in [2.75, 3.05) is 0 Å². The molecule has 0 aliphatic rings. The van der Waals surface area contributed by atoms with Crippen LogP contribution in [0.1, 0.15) is 12.5 Å². The van der Waals surface area contributed by atoms with Crippen LogP contribution in [-0.4, -0.2) is 17.0 Å². The number of hydrogen-bond acceptors (Lipinski definition) is 4. The Morgan fingerprint density at radius 2 is 2.27 bits per heavy atom. The fraction of sp³-hybridized carbons (Fsp3) is 0.333. The summed E-state index contributed by atoms with van der Waals surface area (Å²) in [6.07, 6.45) is 3.31. The van der Waals surface area contributed by atoms with E-state index in [1.165, 1.54) is 0 Å². The molecule has 6 heteroatoms. The zero-order valence-electron chi connectivity index (χ0n) is 8.25. The highest BCUT2D eigenvalue weighted by Gasteiger charge is 2.07. The molecule has 0 bridgehead atoms. The molecule has 0 saturated carbocycles. The molecule has 4 nitrogen and oxygen atoms in total. The van der Waals surface area contributed by atoms with Gasteiger partial charge in [-0.3, -0.25) is 9.78 Å². The first-order chi connectivity index (χ1) is 6.20. The van der Waals surface area contributed by atoms with Crippen molar-refractivity contribution in [2.45, 2.75) is 19.6 Å². The van der Waals surface area contributed by atoms with Gasteiger partial charge in [0.15, 0.2) is 0 Å². The van der Waals surface area contributed by atoms with Crippen LogP contribution in [0.15, 0.2) is 24.5 Å². The summed E-state index contributed by atoms with van der Waals surface area (Å²) in [5.41, 5.74) is 6.17. The molecule has 0 aromatic carbocycles. The van der Waals surface area contributed by atoms with Crippen LogP contribution in [0.25, 0.3) is 0 Å². The first-order valence-electron chi connectivity index (χ1n) is 4.01. The molecule has 0 amide bonds. The number of nitrogens with two attached hydrogens (primary N) is 1. The van der Waals surface area contributed by atoms with Crippen LogP contribution in [0.4, 0.5) is 0 Å².